The minimum Gasteiger partial charge on any atom is -0.394 e. The zero-order valence-electron chi connectivity index (χ0n) is 12.5. The van der Waals surface area contributed by atoms with E-state index in [1.54, 1.807) is 12.3 Å². The van der Waals surface area contributed by atoms with Gasteiger partial charge in [0, 0.05) is 16.3 Å². The predicted octanol–water partition coefficient (Wildman–Crippen LogP) is 1.76. The molecule has 0 unspecified atom stereocenters. The zero-order chi connectivity index (χ0) is 16.4. The van der Waals surface area contributed by atoms with Crippen LogP contribution in [0.25, 0.3) is 21.6 Å². The van der Waals surface area contributed by atoms with Crippen molar-refractivity contribution in [1.82, 2.24) is 15.3 Å². The van der Waals surface area contributed by atoms with Crippen molar-refractivity contribution in [2.75, 3.05) is 13.2 Å². The summed E-state index contributed by atoms with van der Waals surface area (Å²) in [6.45, 7) is 0.860. The molecular formula is C16H17N3O3S. The molecule has 1 aromatic carbocycles. The Morgan fingerprint density at radius 1 is 1.35 bits per heavy atom. The highest BCUT2D eigenvalue weighted by molar-refractivity contribution is 7.13. The molecule has 0 radical (unpaired) electrons. The van der Waals surface area contributed by atoms with Gasteiger partial charge < -0.3 is 20.5 Å². The fraction of sp³-hybridized carbons (Fsp3) is 0.250. The number of aliphatic hydroxyl groups excluding tert-OH is 2. The Balaban J connectivity index is 1.84. The lowest BCUT2D eigenvalue weighted by atomic mass is 10.1. The molecule has 2 heterocycles. The lowest BCUT2D eigenvalue weighted by Crippen LogP contribution is -2.51. The number of aromatic nitrogens is 2. The van der Waals surface area contributed by atoms with Crippen LogP contribution in [0.1, 0.15) is 17.4 Å². The molecule has 6 nitrogen and oxygen atoms in total. The van der Waals surface area contributed by atoms with Crippen molar-refractivity contribution in [3.05, 3.63) is 41.4 Å². The largest absolute Gasteiger partial charge is 0.394 e. The smallest absolute Gasteiger partial charge is 0.271 e. The van der Waals surface area contributed by atoms with E-state index in [9.17, 15) is 15.0 Å². The van der Waals surface area contributed by atoms with Gasteiger partial charge in [0.05, 0.1) is 24.4 Å². The first-order valence-corrected chi connectivity index (χ1v) is 8.00. The van der Waals surface area contributed by atoms with Crippen LogP contribution >= 0.6 is 11.3 Å². The van der Waals surface area contributed by atoms with E-state index in [0.29, 0.717) is 5.01 Å². The number of H-pyrrole nitrogens is 1. The molecule has 120 valence electrons. The van der Waals surface area contributed by atoms with Crippen molar-refractivity contribution in [2.45, 2.75) is 12.5 Å². The maximum absolute atomic E-state index is 12.2. The molecule has 0 bridgehead atoms. The summed E-state index contributed by atoms with van der Waals surface area (Å²) in [5.74, 6) is -0.422. The topological polar surface area (TPSA) is 98.2 Å². The number of aliphatic hydroxyl groups is 2. The minimum atomic E-state index is -1.07. The van der Waals surface area contributed by atoms with Crippen LogP contribution in [0.3, 0.4) is 0 Å². The summed E-state index contributed by atoms with van der Waals surface area (Å²) in [4.78, 5) is 19.8. The number of nitrogens with one attached hydrogen (secondary N) is 2. The van der Waals surface area contributed by atoms with Gasteiger partial charge in [0.25, 0.3) is 5.91 Å². The quantitative estimate of drug-likeness (QED) is 0.572. The maximum atomic E-state index is 12.2. The summed E-state index contributed by atoms with van der Waals surface area (Å²) in [7, 11) is 0. The Morgan fingerprint density at radius 2 is 2.09 bits per heavy atom. The molecular weight excluding hydrogens is 314 g/mol. The van der Waals surface area contributed by atoms with Crippen LogP contribution in [-0.4, -0.2) is 44.8 Å². The predicted molar refractivity (Wildman–Crippen MR) is 89.4 cm³/mol. The number of hydrogen-bond donors (Lipinski definition) is 4. The Hall–Kier alpha value is -2.22. The van der Waals surface area contributed by atoms with E-state index in [2.05, 4.69) is 15.3 Å². The van der Waals surface area contributed by atoms with Gasteiger partial charge in [-0.1, -0.05) is 18.2 Å². The van der Waals surface area contributed by atoms with Crippen LogP contribution in [0.2, 0.25) is 0 Å². The first kappa shape index (κ1) is 15.7. The molecule has 0 aliphatic heterocycles. The van der Waals surface area contributed by atoms with E-state index < -0.39 is 11.4 Å². The van der Waals surface area contributed by atoms with Gasteiger partial charge in [-0.3, -0.25) is 4.79 Å². The molecule has 0 spiro atoms. The summed E-state index contributed by atoms with van der Waals surface area (Å²) in [6, 6.07) is 9.89. The van der Waals surface area contributed by atoms with E-state index >= 15 is 0 Å². The van der Waals surface area contributed by atoms with Gasteiger partial charge in [0.15, 0.2) is 0 Å². The lowest BCUT2D eigenvalue weighted by molar-refractivity contribution is 0.0720. The highest BCUT2D eigenvalue weighted by Crippen LogP contribution is 2.26. The number of aromatic amines is 1. The van der Waals surface area contributed by atoms with E-state index in [-0.39, 0.29) is 18.9 Å². The van der Waals surface area contributed by atoms with E-state index in [4.69, 9.17) is 0 Å². The van der Waals surface area contributed by atoms with Gasteiger partial charge in [-0.05, 0) is 19.1 Å². The first-order valence-electron chi connectivity index (χ1n) is 7.12. The van der Waals surface area contributed by atoms with Crippen molar-refractivity contribution in [3.63, 3.8) is 0 Å². The number of para-hydroxylation sites is 1. The lowest BCUT2D eigenvalue weighted by Gasteiger charge is -2.25. The average Bonchev–Trinajstić information content (AvgIpc) is 3.21. The van der Waals surface area contributed by atoms with Crippen molar-refractivity contribution in [1.29, 1.82) is 0 Å². The summed E-state index contributed by atoms with van der Waals surface area (Å²) in [5.41, 5.74) is 1.05. The normalized spacial score (nSPS) is 11.8. The van der Waals surface area contributed by atoms with Crippen LogP contribution < -0.4 is 5.32 Å². The maximum Gasteiger partial charge on any atom is 0.271 e. The molecule has 0 atom stereocenters. The molecule has 0 saturated carbocycles. The molecule has 0 saturated heterocycles. The Labute approximate surface area is 136 Å². The van der Waals surface area contributed by atoms with Gasteiger partial charge in [0.1, 0.15) is 10.7 Å². The number of rotatable bonds is 5. The zero-order valence-corrected chi connectivity index (χ0v) is 13.4. The third kappa shape index (κ3) is 3.12. The van der Waals surface area contributed by atoms with Crippen molar-refractivity contribution in [3.8, 4) is 10.7 Å². The molecule has 3 rings (SSSR count). The number of fused-ring (bicyclic) bond motifs is 1. The fourth-order valence-corrected chi connectivity index (χ4v) is 2.93. The molecule has 3 aromatic rings. The first-order chi connectivity index (χ1) is 11.0. The standard InChI is InChI=1S/C16H17N3O3S/c1-16(8-20,9-21)19-14(22)13-7-23-15(18-13)12-6-10-4-2-3-5-11(10)17-12/h2-7,17,20-21H,8-9H2,1H3,(H,19,22). The number of hydrogen-bond acceptors (Lipinski definition) is 5. The molecule has 0 aliphatic rings. The molecule has 7 heteroatoms. The number of amides is 1. The van der Waals surface area contributed by atoms with Crippen LogP contribution in [0.15, 0.2) is 35.7 Å². The van der Waals surface area contributed by atoms with Gasteiger partial charge >= 0.3 is 0 Å². The van der Waals surface area contributed by atoms with E-state index in [0.717, 1.165) is 16.6 Å². The number of carbonyl (C=O) groups excluding carboxylic acids is 1. The van der Waals surface area contributed by atoms with E-state index in [1.807, 2.05) is 30.3 Å². The number of carbonyl (C=O) groups is 1. The molecule has 0 fully saturated rings. The molecule has 23 heavy (non-hydrogen) atoms. The number of nitrogens with zero attached hydrogens (tertiary/aromatic N) is 1. The van der Waals surface area contributed by atoms with Crippen LogP contribution in [0.5, 0.6) is 0 Å². The monoisotopic (exact) mass is 331 g/mol. The number of thiazole rings is 1. The summed E-state index contributed by atoms with van der Waals surface area (Å²) in [5, 5.41) is 24.5. The number of benzene rings is 1. The fourth-order valence-electron chi connectivity index (χ4n) is 2.16. The third-order valence-electron chi connectivity index (χ3n) is 3.61. The van der Waals surface area contributed by atoms with Crippen LogP contribution in [0, 0.1) is 0 Å². The van der Waals surface area contributed by atoms with Crippen molar-refractivity contribution < 1.29 is 15.0 Å². The van der Waals surface area contributed by atoms with Gasteiger partial charge in [0.2, 0.25) is 0 Å². The third-order valence-corrected chi connectivity index (χ3v) is 4.49. The van der Waals surface area contributed by atoms with Gasteiger partial charge in [-0.15, -0.1) is 11.3 Å². The molecule has 0 aliphatic carbocycles. The molecule has 2 aromatic heterocycles. The van der Waals surface area contributed by atoms with Gasteiger partial charge in [-0.2, -0.15) is 0 Å². The summed E-state index contributed by atoms with van der Waals surface area (Å²) < 4.78 is 0. The minimum absolute atomic E-state index is 0.261. The Morgan fingerprint density at radius 3 is 2.78 bits per heavy atom. The molecule has 4 N–H and O–H groups in total. The SMILES string of the molecule is CC(CO)(CO)NC(=O)c1csc(-c2cc3ccccc3[nH]2)n1. The van der Waals surface area contributed by atoms with Crippen molar-refractivity contribution >= 4 is 28.1 Å². The van der Waals surface area contributed by atoms with Gasteiger partial charge in [-0.25, -0.2) is 4.98 Å². The summed E-state index contributed by atoms with van der Waals surface area (Å²) in [6.07, 6.45) is 0. The van der Waals surface area contributed by atoms with Crippen LogP contribution in [-0.2, 0) is 0 Å². The Kier molecular flexibility index (Phi) is 4.16. The summed E-state index contributed by atoms with van der Waals surface area (Å²) >= 11 is 1.36. The van der Waals surface area contributed by atoms with Crippen LogP contribution in [0.4, 0.5) is 0 Å². The highest BCUT2D eigenvalue weighted by Gasteiger charge is 2.26. The second kappa shape index (κ2) is 6.11. The second-order valence-electron chi connectivity index (χ2n) is 5.64. The highest BCUT2D eigenvalue weighted by atomic mass is 32.1. The molecule has 1 amide bonds. The van der Waals surface area contributed by atoms with Crippen molar-refractivity contribution in [2.24, 2.45) is 0 Å². The average molecular weight is 331 g/mol. The van der Waals surface area contributed by atoms with E-state index in [1.165, 1.54) is 11.3 Å². The second-order valence-corrected chi connectivity index (χ2v) is 6.50. The Bertz CT molecular complexity index is 803.